The minimum absolute atomic E-state index is 0.883. The van der Waals surface area contributed by atoms with Crippen LogP contribution in [0.15, 0.2) is 6.33 Å². The van der Waals surface area contributed by atoms with Crippen molar-refractivity contribution in [2.24, 2.45) is 0 Å². The molecule has 2 N–H and O–H groups in total. The minimum atomic E-state index is 0.883. The largest absolute Gasteiger partial charge is 0.370 e. The van der Waals surface area contributed by atoms with Gasteiger partial charge in [0, 0.05) is 18.7 Å². The van der Waals surface area contributed by atoms with Crippen LogP contribution in [0.5, 0.6) is 0 Å². The van der Waals surface area contributed by atoms with Crippen LogP contribution >= 0.6 is 0 Å². The van der Waals surface area contributed by atoms with Crippen LogP contribution in [0.2, 0.25) is 0 Å². The SMILES string of the molecule is CCCc1c(NCC)ncnc1NCCCN(C)C. The Morgan fingerprint density at radius 1 is 1.11 bits per heavy atom. The molecule has 0 bridgehead atoms. The molecule has 0 aliphatic carbocycles. The Hall–Kier alpha value is -1.36. The number of nitrogens with zero attached hydrogens (tertiary/aromatic N) is 3. The van der Waals surface area contributed by atoms with Gasteiger partial charge in [0.1, 0.15) is 18.0 Å². The van der Waals surface area contributed by atoms with Crippen molar-refractivity contribution < 1.29 is 0 Å². The van der Waals surface area contributed by atoms with Gasteiger partial charge in [0.2, 0.25) is 0 Å². The maximum absolute atomic E-state index is 4.38. The van der Waals surface area contributed by atoms with Gasteiger partial charge in [-0.3, -0.25) is 0 Å². The van der Waals surface area contributed by atoms with Crippen molar-refractivity contribution in [1.82, 2.24) is 14.9 Å². The van der Waals surface area contributed by atoms with Crippen LogP contribution in [0, 0.1) is 0 Å². The number of hydrogen-bond donors (Lipinski definition) is 2. The monoisotopic (exact) mass is 265 g/mol. The Morgan fingerprint density at radius 3 is 2.37 bits per heavy atom. The van der Waals surface area contributed by atoms with E-state index >= 15 is 0 Å². The number of nitrogens with one attached hydrogen (secondary N) is 2. The second-order valence-electron chi connectivity index (χ2n) is 4.91. The molecule has 0 aliphatic rings. The Bertz CT molecular complexity index is 365. The zero-order valence-electron chi connectivity index (χ0n) is 12.7. The Balaban J connectivity index is 2.67. The second-order valence-corrected chi connectivity index (χ2v) is 4.91. The lowest BCUT2D eigenvalue weighted by Crippen LogP contribution is -2.17. The van der Waals surface area contributed by atoms with Crippen LogP contribution in [-0.2, 0) is 6.42 Å². The summed E-state index contributed by atoms with van der Waals surface area (Å²) in [5, 5.41) is 6.75. The Labute approximate surface area is 116 Å². The van der Waals surface area contributed by atoms with Gasteiger partial charge >= 0.3 is 0 Å². The summed E-state index contributed by atoms with van der Waals surface area (Å²) < 4.78 is 0. The molecule has 0 radical (unpaired) electrons. The van der Waals surface area contributed by atoms with Gasteiger partial charge in [0.15, 0.2) is 0 Å². The summed E-state index contributed by atoms with van der Waals surface area (Å²) >= 11 is 0. The molecule has 0 amide bonds. The molecule has 1 rings (SSSR count). The first-order valence-corrected chi connectivity index (χ1v) is 7.15. The molecule has 1 heterocycles. The van der Waals surface area contributed by atoms with Crippen LogP contribution in [-0.4, -0.2) is 48.6 Å². The first kappa shape index (κ1) is 15.7. The first-order chi connectivity index (χ1) is 9.19. The second kappa shape index (κ2) is 8.69. The van der Waals surface area contributed by atoms with Gasteiger partial charge in [-0.25, -0.2) is 9.97 Å². The van der Waals surface area contributed by atoms with E-state index in [1.807, 2.05) is 0 Å². The third-order valence-electron chi connectivity index (χ3n) is 2.86. The summed E-state index contributed by atoms with van der Waals surface area (Å²) in [7, 11) is 4.19. The lowest BCUT2D eigenvalue weighted by Gasteiger charge is -2.15. The van der Waals surface area contributed by atoms with Crippen molar-refractivity contribution in [3.63, 3.8) is 0 Å². The van der Waals surface area contributed by atoms with E-state index in [0.29, 0.717) is 0 Å². The van der Waals surface area contributed by atoms with Crippen LogP contribution < -0.4 is 10.6 Å². The quantitative estimate of drug-likeness (QED) is 0.671. The van der Waals surface area contributed by atoms with Crippen molar-refractivity contribution in [3.8, 4) is 0 Å². The molecule has 0 spiro atoms. The Morgan fingerprint density at radius 2 is 1.79 bits per heavy atom. The highest BCUT2D eigenvalue weighted by Gasteiger charge is 2.09. The van der Waals surface area contributed by atoms with Crippen LogP contribution in [0.1, 0.15) is 32.3 Å². The standard InChI is InChI=1S/C14H27N5/c1-5-8-12-13(15-6-2)17-11-18-14(12)16-9-7-10-19(3)4/h11H,5-10H2,1-4H3,(H2,15,16,17,18). The van der Waals surface area contributed by atoms with Crippen molar-refractivity contribution in [2.45, 2.75) is 33.1 Å². The van der Waals surface area contributed by atoms with Crippen molar-refractivity contribution >= 4 is 11.6 Å². The van der Waals surface area contributed by atoms with Gasteiger partial charge in [-0.15, -0.1) is 0 Å². The fourth-order valence-corrected chi connectivity index (χ4v) is 1.97. The lowest BCUT2D eigenvalue weighted by atomic mass is 10.1. The van der Waals surface area contributed by atoms with Crippen LogP contribution in [0.25, 0.3) is 0 Å². The van der Waals surface area contributed by atoms with Gasteiger partial charge in [-0.2, -0.15) is 0 Å². The van der Waals surface area contributed by atoms with Gasteiger partial charge in [-0.1, -0.05) is 13.3 Å². The summed E-state index contributed by atoms with van der Waals surface area (Å²) in [5.41, 5.74) is 1.21. The summed E-state index contributed by atoms with van der Waals surface area (Å²) in [5.74, 6) is 1.95. The van der Waals surface area contributed by atoms with Crippen molar-refractivity contribution in [2.75, 3.05) is 44.4 Å². The third kappa shape index (κ3) is 5.42. The van der Waals surface area contributed by atoms with E-state index in [0.717, 1.165) is 50.5 Å². The smallest absolute Gasteiger partial charge is 0.134 e. The topological polar surface area (TPSA) is 53.1 Å². The van der Waals surface area contributed by atoms with Crippen molar-refractivity contribution in [1.29, 1.82) is 0 Å². The summed E-state index contributed by atoms with van der Waals surface area (Å²) in [6, 6.07) is 0. The van der Waals surface area contributed by atoms with E-state index < -0.39 is 0 Å². The first-order valence-electron chi connectivity index (χ1n) is 7.15. The molecule has 0 fully saturated rings. The zero-order chi connectivity index (χ0) is 14.1. The number of aromatic nitrogens is 2. The highest BCUT2D eigenvalue weighted by atomic mass is 15.1. The summed E-state index contributed by atoms with van der Waals surface area (Å²) in [6.07, 6.45) is 4.84. The molecule has 1 aromatic heterocycles. The molecular weight excluding hydrogens is 238 g/mol. The lowest BCUT2D eigenvalue weighted by molar-refractivity contribution is 0.405. The molecular formula is C14H27N5. The highest BCUT2D eigenvalue weighted by molar-refractivity contribution is 5.57. The fourth-order valence-electron chi connectivity index (χ4n) is 1.97. The molecule has 0 atom stereocenters. The van der Waals surface area contributed by atoms with E-state index in [4.69, 9.17) is 0 Å². The maximum Gasteiger partial charge on any atom is 0.134 e. The fraction of sp³-hybridized carbons (Fsp3) is 0.714. The Kier molecular flexibility index (Phi) is 7.18. The van der Waals surface area contributed by atoms with E-state index in [2.05, 4.69) is 53.4 Å². The molecule has 0 unspecified atom stereocenters. The molecule has 0 aliphatic heterocycles. The van der Waals surface area contributed by atoms with E-state index in [1.54, 1.807) is 6.33 Å². The molecule has 108 valence electrons. The third-order valence-corrected chi connectivity index (χ3v) is 2.86. The van der Waals surface area contributed by atoms with E-state index in [-0.39, 0.29) is 0 Å². The van der Waals surface area contributed by atoms with Gasteiger partial charge < -0.3 is 15.5 Å². The van der Waals surface area contributed by atoms with Crippen LogP contribution in [0.3, 0.4) is 0 Å². The normalized spacial score (nSPS) is 10.8. The number of rotatable bonds is 9. The zero-order valence-corrected chi connectivity index (χ0v) is 12.7. The molecule has 5 nitrogen and oxygen atoms in total. The van der Waals surface area contributed by atoms with Gasteiger partial charge in [-0.05, 0) is 40.4 Å². The summed E-state index contributed by atoms with van der Waals surface area (Å²) in [4.78, 5) is 10.9. The molecule has 19 heavy (non-hydrogen) atoms. The average Bonchev–Trinajstić information content (AvgIpc) is 2.38. The number of anilines is 2. The molecule has 0 aromatic carbocycles. The molecule has 1 aromatic rings. The average molecular weight is 265 g/mol. The number of hydrogen-bond acceptors (Lipinski definition) is 5. The molecule has 0 saturated carbocycles. The van der Waals surface area contributed by atoms with E-state index in [9.17, 15) is 0 Å². The highest BCUT2D eigenvalue weighted by Crippen LogP contribution is 2.21. The van der Waals surface area contributed by atoms with Gasteiger partial charge in [0.25, 0.3) is 0 Å². The van der Waals surface area contributed by atoms with Crippen LogP contribution in [0.4, 0.5) is 11.6 Å². The predicted molar refractivity (Wildman–Crippen MR) is 81.9 cm³/mol. The predicted octanol–water partition coefficient (Wildman–Crippen LogP) is 2.22. The summed E-state index contributed by atoms with van der Waals surface area (Å²) in [6.45, 7) is 7.17. The molecule has 5 heteroatoms. The molecule has 0 saturated heterocycles. The maximum atomic E-state index is 4.38. The van der Waals surface area contributed by atoms with Gasteiger partial charge in [0.05, 0.1) is 0 Å². The minimum Gasteiger partial charge on any atom is -0.370 e. The van der Waals surface area contributed by atoms with E-state index in [1.165, 1.54) is 5.56 Å². The van der Waals surface area contributed by atoms with Crippen molar-refractivity contribution in [3.05, 3.63) is 11.9 Å².